The summed E-state index contributed by atoms with van der Waals surface area (Å²) in [7, 11) is -5.09. The molecule has 0 rings (SSSR count). The first-order valence-corrected chi connectivity index (χ1v) is 2.37. The fraction of sp³-hybridized carbons (Fsp3) is 0. The molecular formula is HO5PSr. The molecule has 0 radical (unpaired) electrons. The third-order valence-electron chi connectivity index (χ3n) is 0.100. The first-order valence-electron chi connectivity index (χ1n) is 0.913. The topological polar surface area (TPSA) is 92.7 Å². The summed E-state index contributed by atoms with van der Waals surface area (Å²) in [4.78, 5) is 18.0. The molecule has 0 heterocycles. The summed E-state index contributed by atoms with van der Waals surface area (Å²) in [6.07, 6.45) is 0. The molecular weight excluding hydrogens is 199 g/mol. The van der Waals surface area contributed by atoms with Crippen molar-refractivity contribution < 1.29 is 24.3 Å². The van der Waals surface area contributed by atoms with E-state index in [1.165, 1.54) is 0 Å². The van der Waals surface area contributed by atoms with Crippen LogP contribution >= 0.6 is 7.82 Å². The van der Waals surface area contributed by atoms with Crippen molar-refractivity contribution >= 4 is 53.3 Å². The van der Waals surface area contributed by atoms with Crippen molar-refractivity contribution in [2.75, 3.05) is 0 Å². The Balaban J connectivity index is 0. The number of hydrogen-bond donors (Lipinski definition) is 1. The zero-order chi connectivity index (χ0) is 5.21. The van der Waals surface area contributed by atoms with Gasteiger partial charge in [-0.25, -0.2) is 9.93 Å². The molecule has 0 saturated carbocycles. The number of rotatable bonds is 1. The van der Waals surface area contributed by atoms with Crippen LogP contribution in [0, 0.1) is 0 Å². The van der Waals surface area contributed by atoms with Gasteiger partial charge in [0.1, 0.15) is 0 Å². The molecule has 0 aliphatic heterocycles. The van der Waals surface area contributed by atoms with E-state index in [2.05, 4.69) is 4.67 Å². The first-order chi connectivity index (χ1) is 2.56. The van der Waals surface area contributed by atoms with E-state index in [0.29, 0.717) is 0 Å². The Kier molecular flexibility index (Phi) is 7.19. The summed E-state index contributed by atoms with van der Waals surface area (Å²) >= 11 is 0. The van der Waals surface area contributed by atoms with Crippen LogP contribution in [0.3, 0.4) is 0 Å². The van der Waals surface area contributed by atoms with E-state index in [1.807, 2.05) is 0 Å². The fourth-order valence-corrected chi connectivity index (χ4v) is 0. The minimum Gasteiger partial charge on any atom is -0.788 e. The average molecular weight is 200 g/mol. The van der Waals surface area contributed by atoms with Crippen LogP contribution in [-0.4, -0.2) is 50.7 Å². The smallest absolute Gasteiger partial charge is 0.788 e. The van der Waals surface area contributed by atoms with Gasteiger partial charge in [0, 0.05) is 0 Å². The zero-order valence-electron chi connectivity index (χ0n) is 3.23. The van der Waals surface area contributed by atoms with Crippen molar-refractivity contribution in [1.82, 2.24) is 0 Å². The van der Waals surface area contributed by atoms with E-state index in [0.717, 1.165) is 0 Å². The maximum absolute atomic E-state index is 9.00. The molecule has 7 heteroatoms. The van der Waals surface area contributed by atoms with E-state index in [1.54, 1.807) is 0 Å². The van der Waals surface area contributed by atoms with E-state index < -0.39 is 7.82 Å². The third kappa shape index (κ3) is 11.2. The van der Waals surface area contributed by atoms with Crippen molar-refractivity contribution in [3.8, 4) is 0 Å². The quantitative estimate of drug-likeness (QED) is 0.227. The zero-order valence-corrected chi connectivity index (χ0v) is 7.61. The molecule has 0 unspecified atom stereocenters. The van der Waals surface area contributed by atoms with E-state index >= 15 is 0 Å². The molecule has 0 atom stereocenters. The summed E-state index contributed by atoms with van der Waals surface area (Å²) in [6, 6.07) is 0. The molecule has 38 valence electrons. The van der Waals surface area contributed by atoms with Gasteiger partial charge in [0.25, 0.3) is 0 Å². The second-order valence-corrected chi connectivity index (χ2v) is 1.59. The normalized spacial score (nSPS) is 10.1. The standard InChI is InChI=1S/H3O5P.Sr/c1-5-6(2,3)4;/h1H,(H2,2,3,4);/q;+2/p-2. The van der Waals surface area contributed by atoms with E-state index in [9.17, 15) is 0 Å². The molecule has 0 amide bonds. The third-order valence-corrected chi connectivity index (χ3v) is 0.300. The molecule has 1 N–H and O–H groups in total. The molecule has 0 bridgehead atoms. The summed E-state index contributed by atoms with van der Waals surface area (Å²) in [5.74, 6) is 0. The van der Waals surface area contributed by atoms with Crippen LogP contribution in [0.1, 0.15) is 0 Å². The van der Waals surface area contributed by atoms with Crippen LogP contribution < -0.4 is 9.79 Å². The Labute approximate surface area is 76.7 Å². The molecule has 0 aromatic heterocycles. The predicted octanol–water partition coefficient (Wildman–Crippen LogP) is -2.08. The molecule has 0 aliphatic carbocycles. The van der Waals surface area contributed by atoms with Crippen LogP contribution in [0.4, 0.5) is 0 Å². The van der Waals surface area contributed by atoms with Gasteiger partial charge in [-0.15, -0.1) is 0 Å². The second kappa shape index (κ2) is 4.43. The Hall–Kier alpha value is 1.55. The maximum atomic E-state index is 9.00. The van der Waals surface area contributed by atoms with E-state index in [4.69, 9.17) is 19.6 Å². The molecule has 0 aromatic rings. The van der Waals surface area contributed by atoms with Gasteiger partial charge < -0.3 is 14.4 Å². The Morgan fingerprint density at radius 2 is 1.71 bits per heavy atom. The Morgan fingerprint density at radius 1 is 1.57 bits per heavy atom. The molecule has 0 aromatic carbocycles. The molecule has 5 nitrogen and oxygen atoms in total. The van der Waals surface area contributed by atoms with Gasteiger partial charge in [-0.3, -0.25) is 0 Å². The van der Waals surface area contributed by atoms with Gasteiger partial charge in [0.05, 0.1) is 7.82 Å². The minimum absolute atomic E-state index is 0. The summed E-state index contributed by atoms with van der Waals surface area (Å²) in [6.45, 7) is 0. The monoisotopic (exact) mass is 200 g/mol. The molecule has 0 spiro atoms. The number of hydrogen-bond acceptors (Lipinski definition) is 5. The molecule has 7 heavy (non-hydrogen) atoms. The van der Waals surface area contributed by atoms with Gasteiger partial charge in [-0.05, 0) is 0 Å². The summed E-state index contributed by atoms with van der Waals surface area (Å²) in [5.41, 5.74) is 0. The minimum atomic E-state index is -5.09. The second-order valence-electron chi connectivity index (χ2n) is 0.529. The average Bonchev–Trinajstić information content (AvgIpc) is 1.35. The van der Waals surface area contributed by atoms with Crippen molar-refractivity contribution in [2.24, 2.45) is 0 Å². The summed E-state index contributed by atoms with van der Waals surface area (Å²) < 4.78 is 11.4. The van der Waals surface area contributed by atoms with Crippen LogP contribution in [0.15, 0.2) is 0 Å². The van der Waals surface area contributed by atoms with Crippen molar-refractivity contribution in [3.63, 3.8) is 0 Å². The van der Waals surface area contributed by atoms with E-state index in [-0.39, 0.29) is 45.5 Å². The predicted molar refractivity (Wildman–Crippen MR) is 17.1 cm³/mol. The Bertz CT molecular complexity index is 72.1. The van der Waals surface area contributed by atoms with Crippen LogP contribution in [0.25, 0.3) is 0 Å². The van der Waals surface area contributed by atoms with Crippen LogP contribution in [-0.2, 0) is 9.24 Å². The maximum Gasteiger partial charge on any atom is 2.00 e. The first kappa shape index (κ1) is 11.4. The molecule has 0 saturated heterocycles. The van der Waals surface area contributed by atoms with Gasteiger partial charge in [0.2, 0.25) is 0 Å². The SMILES string of the molecule is O=P([O-])([O-])OO.[Sr+2]. The van der Waals surface area contributed by atoms with Gasteiger partial charge in [-0.1, -0.05) is 0 Å². The number of phosphoric acid groups is 1. The largest absolute Gasteiger partial charge is 2.00 e. The van der Waals surface area contributed by atoms with Gasteiger partial charge >= 0.3 is 45.5 Å². The van der Waals surface area contributed by atoms with Gasteiger partial charge in [0.15, 0.2) is 0 Å². The van der Waals surface area contributed by atoms with Crippen LogP contribution in [0.5, 0.6) is 0 Å². The molecule has 0 aliphatic rings. The van der Waals surface area contributed by atoms with Crippen molar-refractivity contribution in [3.05, 3.63) is 0 Å². The molecule has 0 fully saturated rings. The van der Waals surface area contributed by atoms with Crippen LogP contribution in [0.2, 0.25) is 0 Å². The summed E-state index contributed by atoms with van der Waals surface area (Å²) in [5, 5.41) is 7.01. The fourth-order valence-electron chi connectivity index (χ4n) is 0. The van der Waals surface area contributed by atoms with Crippen molar-refractivity contribution in [2.45, 2.75) is 0 Å². The Morgan fingerprint density at radius 3 is 1.71 bits per heavy atom. The van der Waals surface area contributed by atoms with Crippen molar-refractivity contribution in [1.29, 1.82) is 0 Å². The van der Waals surface area contributed by atoms with Gasteiger partial charge in [-0.2, -0.15) is 0 Å².